The first-order valence-electron chi connectivity index (χ1n) is 11.6. The molecule has 0 spiro atoms. The standard InChI is InChI=1S/C27H24ClFN4O4/c1-2-3-14-37-22-11-9-21(10-12-22)31-26(35)27(36)32-33-23-13-4-18(28)15-17(23)16-24(33)25(34)30-20-7-5-19(29)6-8-20/h4-13,15-16H,2-3,14H2,1H3,(H,30,34)(H,31,35)(H,32,36). The van der Waals surface area contributed by atoms with Crippen molar-refractivity contribution >= 4 is 51.6 Å². The summed E-state index contributed by atoms with van der Waals surface area (Å²) in [6, 6.07) is 18.2. The second kappa shape index (κ2) is 11.6. The zero-order valence-corrected chi connectivity index (χ0v) is 20.6. The van der Waals surface area contributed by atoms with Gasteiger partial charge in [0.25, 0.3) is 5.91 Å². The summed E-state index contributed by atoms with van der Waals surface area (Å²) in [5.74, 6) is -2.30. The van der Waals surface area contributed by atoms with E-state index in [0.29, 0.717) is 39.7 Å². The molecule has 0 saturated carbocycles. The molecular weight excluding hydrogens is 499 g/mol. The van der Waals surface area contributed by atoms with E-state index in [9.17, 15) is 18.8 Å². The highest BCUT2D eigenvalue weighted by Gasteiger charge is 2.21. The molecule has 0 saturated heterocycles. The minimum atomic E-state index is -0.994. The van der Waals surface area contributed by atoms with Crippen molar-refractivity contribution in [2.75, 3.05) is 22.7 Å². The van der Waals surface area contributed by atoms with Gasteiger partial charge in [-0.25, -0.2) is 9.07 Å². The predicted molar refractivity (Wildman–Crippen MR) is 141 cm³/mol. The molecule has 0 aliphatic heterocycles. The number of benzene rings is 3. The lowest BCUT2D eigenvalue weighted by atomic mass is 10.2. The molecule has 0 fully saturated rings. The molecule has 1 aromatic heterocycles. The van der Waals surface area contributed by atoms with Gasteiger partial charge in [-0.05, 0) is 79.2 Å². The Balaban J connectivity index is 1.51. The average molecular weight is 523 g/mol. The smallest absolute Gasteiger partial charge is 0.328 e. The average Bonchev–Trinajstić information content (AvgIpc) is 3.23. The van der Waals surface area contributed by atoms with Crippen LogP contribution in [0.25, 0.3) is 10.9 Å². The van der Waals surface area contributed by atoms with E-state index in [0.717, 1.165) is 12.8 Å². The van der Waals surface area contributed by atoms with Crippen LogP contribution in [0.15, 0.2) is 72.8 Å². The number of hydrogen-bond donors (Lipinski definition) is 3. The topological polar surface area (TPSA) is 101 Å². The summed E-state index contributed by atoms with van der Waals surface area (Å²) in [6.07, 6.45) is 1.95. The molecule has 190 valence electrons. The minimum absolute atomic E-state index is 0.0383. The molecule has 0 radical (unpaired) electrons. The number of fused-ring (bicyclic) bond motifs is 1. The van der Waals surface area contributed by atoms with Gasteiger partial charge in [0.1, 0.15) is 17.3 Å². The molecule has 37 heavy (non-hydrogen) atoms. The Bertz CT molecular complexity index is 1440. The van der Waals surface area contributed by atoms with Gasteiger partial charge < -0.3 is 15.4 Å². The molecule has 4 rings (SSSR count). The van der Waals surface area contributed by atoms with E-state index in [1.54, 1.807) is 42.5 Å². The summed E-state index contributed by atoms with van der Waals surface area (Å²) in [4.78, 5) is 38.4. The van der Waals surface area contributed by atoms with Crippen LogP contribution in [0.3, 0.4) is 0 Å². The van der Waals surface area contributed by atoms with Crippen LogP contribution in [-0.4, -0.2) is 29.0 Å². The van der Waals surface area contributed by atoms with E-state index in [2.05, 4.69) is 23.0 Å². The molecule has 8 nitrogen and oxygen atoms in total. The Morgan fingerprint density at radius 2 is 1.57 bits per heavy atom. The summed E-state index contributed by atoms with van der Waals surface area (Å²) >= 11 is 6.09. The maximum absolute atomic E-state index is 13.2. The number of nitrogens with one attached hydrogen (secondary N) is 3. The molecule has 3 aromatic carbocycles. The van der Waals surface area contributed by atoms with Crippen LogP contribution >= 0.6 is 11.6 Å². The first-order chi connectivity index (χ1) is 17.8. The number of anilines is 2. The summed E-state index contributed by atoms with van der Waals surface area (Å²) in [5, 5.41) is 6.16. The molecule has 4 aromatic rings. The van der Waals surface area contributed by atoms with E-state index >= 15 is 0 Å². The molecule has 0 aliphatic carbocycles. The van der Waals surface area contributed by atoms with Crippen LogP contribution in [0.2, 0.25) is 5.02 Å². The fraction of sp³-hybridized carbons (Fsp3) is 0.148. The number of hydrogen-bond acceptors (Lipinski definition) is 4. The second-order valence-electron chi connectivity index (χ2n) is 8.15. The van der Waals surface area contributed by atoms with Crippen LogP contribution < -0.4 is 20.8 Å². The molecule has 3 amide bonds. The Kier molecular flexibility index (Phi) is 8.05. The zero-order valence-electron chi connectivity index (χ0n) is 19.9. The fourth-order valence-corrected chi connectivity index (χ4v) is 3.69. The van der Waals surface area contributed by atoms with E-state index in [-0.39, 0.29) is 5.69 Å². The number of ether oxygens (including phenoxy) is 1. The maximum Gasteiger partial charge on any atom is 0.328 e. The Morgan fingerprint density at radius 3 is 2.27 bits per heavy atom. The van der Waals surface area contributed by atoms with Gasteiger partial charge in [-0.2, -0.15) is 0 Å². The molecule has 10 heteroatoms. The van der Waals surface area contributed by atoms with Crippen molar-refractivity contribution < 1.29 is 23.5 Å². The molecule has 0 atom stereocenters. The summed E-state index contributed by atoms with van der Waals surface area (Å²) in [6.45, 7) is 2.66. The Labute approximate surface area is 217 Å². The Morgan fingerprint density at radius 1 is 0.892 bits per heavy atom. The first-order valence-corrected chi connectivity index (χ1v) is 11.9. The third-order valence-electron chi connectivity index (χ3n) is 5.40. The normalized spacial score (nSPS) is 10.7. The van der Waals surface area contributed by atoms with Crippen molar-refractivity contribution in [2.45, 2.75) is 19.8 Å². The number of unbranched alkanes of at least 4 members (excludes halogenated alkanes) is 1. The van der Waals surface area contributed by atoms with E-state index in [1.807, 2.05) is 0 Å². The summed E-state index contributed by atoms with van der Waals surface area (Å²) < 4.78 is 20.0. The van der Waals surface area contributed by atoms with Gasteiger partial charge in [0.05, 0.1) is 12.1 Å². The lowest BCUT2D eigenvalue weighted by molar-refractivity contribution is -0.133. The lowest BCUT2D eigenvalue weighted by Crippen LogP contribution is -2.36. The SMILES string of the molecule is CCCCOc1ccc(NC(=O)C(=O)Nn2c(C(=O)Nc3ccc(F)cc3)cc3cc(Cl)ccc32)cc1. The largest absolute Gasteiger partial charge is 0.494 e. The predicted octanol–water partition coefficient (Wildman–Crippen LogP) is 5.57. The first kappa shape index (κ1) is 25.7. The maximum atomic E-state index is 13.2. The van der Waals surface area contributed by atoms with Crippen LogP contribution in [0.4, 0.5) is 15.8 Å². The third kappa shape index (κ3) is 6.45. The third-order valence-corrected chi connectivity index (χ3v) is 5.63. The summed E-state index contributed by atoms with van der Waals surface area (Å²) in [7, 11) is 0. The number of carbonyl (C=O) groups excluding carboxylic acids is 3. The molecule has 0 aliphatic rings. The van der Waals surface area contributed by atoms with Gasteiger partial charge in [0.15, 0.2) is 0 Å². The lowest BCUT2D eigenvalue weighted by Gasteiger charge is -2.13. The van der Waals surface area contributed by atoms with Crippen LogP contribution in [0.1, 0.15) is 30.3 Å². The molecule has 3 N–H and O–H groups in total. The van der Waals surface area contributed by atoms with Crippen molar-refractivity contribution in [1.82, 2.24) is 4.68 Å². The number of nitrogens with zero attached hydrogens (tertiary/aromatic N) is 1. The minimum Gasteiger partial charge on any atom is -0.494 e. The van der Waals surface area contributed by atoms with Gasteiger partial charge in [0, 0.05) is 21.8 Å². The highest BCUT2D eigenvalue weighted by molar-refractivity contribution is 6.42. The number of carbonyl (C=O) groups is 3. The van der Waals surface area contributed by atoms with Gasteiger partial charge in [0.2, 0.25) is 0 Å². The highest BCUT2D eigenvalue weighted by atomic mass is 35.5. The zero-order chi connectivity index (χ0) is 26.4. The van der Waals surface area contributed by atoms with Crippen molar-refractivity contribution in [1.29, 1.82) is 0 Å². The number of aromatic nitrogens is 1. The number of amides is 3. The van der Waals surface area contributed by atoms with Crippen molar-refractivity contribution in [3.8, 4) is 5.75 Å². The number of rotatable bonds is 8. The van der Waals surface area contributed by atoms with Gasteiger partial charge in [-0.1, -0.05) is 24.9 Å². The monoisotopic (exact) mass is 522 g/mol. The summed E-state index contributed by atoms with van der Waals surface area (Å²) in [5.41, 5.74) is 3.72. The second-order valence-corrected chi connectivity index (χ2v) is 8.59. The number of halogens is 2. The van der Waals surface area contributed by atoms with E-state index in [1.165, 1.54) is 35.0 Å². The Hall–Kier alpha value is -4.37. The quantitative estimate of drug-likeness (QED) is 0.208. The van der Waals surface area contributed by atoms with E-state index in [4.69, 9.17) is 16.3 Å². The molecule has 0 unspecified atom stereocenters. The van der Waals surface area contributed by atoms with Crippen LogP contribution in [0, 0.1) is 5.82 Å². The highest BCUT2D eigenvalue weighted by Crippen LogP contribution is 2.24. The molecule has 0 bridgehead atoms. The van der Waals surface area contributed by atoms with Crippen molar-refractivity contribution in [3.05, 3.63) is 89.3 Å². The van der Waals surface area contributed by atoms with E-state index < -0.39 is 23.5 Å². The van der Waals surface area contributed by atoms with Crippen LogP contribution in [-0.2, 0) is 9.59 Å². The molecular formula is C27H24ClFN4O4. The van der Waals surface area contributed by atoms with Gasteiger partial charge in [-0.3, -0.25) is 19.8 Å². The molecule has 1 heterocycles. The van der Waals surface area contributed by atoms with Crippen LogP contribution in [0.5, 0.6) is 5.75 Å². The van der Waals surface area contributed by atoms with Gasteiger partial charge in [-0.15, -0.1) is 0 Å². The van der Waals surface area contributed by atoms with Crippen molar-refractivity contribution in [3.63, 3.8) is 0 Å². The fourth-order valence-electron chi connectivity index (χ4n) is 3.51. The van der Waals surface area contributed by atoms with Gasteiger partial charge >= 0.3 is 11.8 Å². The van der Waals surface area contributed by atoms with Crippen molar-refractivity contribution in [2.24, 2.45) is 0 Å².